The van der Waals surface area contributed by atoms with Gasteiger partial charge in [0.15, 0.2) is 0 Å². The van der Waals surface area contributed by atoms with E-state index in [2.05, 4.69) is 5.32 Å². The zero-order chi connectivity index (χ0) is 13.0. The summed E-state index contributed by atoms with van der Waals surface area (Å²) < 4.78 is 18.7. The van der Waals surface area contributed by atoms with E-state index in [0.29, 0.717) is 13.0 Å². The molecule has 1 fully saturated rings. The largest absolute Gasteiger partial charge is 0.368 e. The van der Waals surface area contributed by atoms with Gasteiger partial charge in [0, 0.05) is 6.61 Å². The summed E-state index contributed by atoms with van der Waals surface area (Å²) in [6.45, 7) is 0.562. The highest BCUT2D eigenvalue weighted by atomic mass is 19.1. The van der Waals surface area contributed by atoms with Crippen molar-refractivity contribution in [2.75, 3.05) is 11.9 Å². The van der Waals surface area contributed by atoms with E-state index < -0.39 is 11.9 Å². The first-order chi connectivity index (χ1) is 8.72. The summed E-state index contributed by atoms with van der Waals surface area (Å²) in [5.41, 5.74) is 0.0401. The molecule has 1 unspecified atom stereocenters. The number of rotatable bonds is 2. The number of ether oxygens (including phenoxy) is 1. The first kappa shape index (κ1) is 12.5. The molecule has 1 saturated heterocycles. The normalized spacial score (nSPS) is 19.0. The number of carbonyl (C=O) groups excluding carboxylic acids is 1. The van der Waals surface area contributed by atoms with Gasteiger partial charge < -0.3 is 10.1 Å². The van der Waals surface area contributed by atoms with Crippen molar-refractivity contribution in [1.29, 1.82) is 5.26 Å². The van der Waals surface area contributed by atoms with Crippen LogP contribution in [0.15, 0.2) is 18.2 Å². The van der Waals surface area contributed by atoms with Crippen molar-refractivity contribution in [2.24, 2.45) is 0 Å². The van der Waals surface area contributed by atoms with Crippen molar-refractivity contribution in [2.45, 2.75) is 25.4 Å². The predicted molar refractivity (Wildman–Crippen MR) is 63.3 cm³/mol. The van der Waals surface area contributed by atoms with Gasteiger partial charge in [0.25, 0.3) is 5.91 Å². The smallest absolute Gasteiger partial charge is 0.253 e. The Morgan fingerprint density at radius 2 is 2.33 bits per heavy atom. The summed E-state index contributed by atoms with van der Waals surface area (Å²) in [4.78, 5) is 11.9. The quantitative estimate of drug-likeness (QED) is 0.872. The van der Waals surface area contributed by atoms with Gasteiger partial charge in [0.2, 0.25) is 0 Å². The number of carbonyl (C=O) groups is 1. The Bertz CT molecular complexity index is 490. The molecule has 5 heteroatoms. The van der Waals surface area contributed by atoms with Crippen LogP contribution < -0.4 is 5.32 Å². The van der Waals surface area contributed by atoms with Crippen molar-refractivity contribution in [3.63, 3.8) is 0 Å². The Balaban J connectivity index is 2.12. The van der Waals surface area contributed by atoms with Crippen LogP contribution in [0.1, 0.15) is 24.8 Å². The summed E-state index contributed by atoms with van der Waals surface area (Å²) in [7, 11) is 0. The van der Waals surface area contributed by atoms with Crippen molar-refractivity contribution in [3.05, 3.63) is 29.6 Å². The van der Waals surface area contributed by atoms with E-state index in [-0.39, 0.29) is 17.2 Å². The summed E-state index contributed by atoms with van der Waals surface area (Å²) in [6.07, 6.45) is 2.04. The third-order valence-electron chi connectivity index (χ3n) is 2.86. The highest BCUT2D eigenvalue weighted by Gasteiger charge is 2.23. The molecule has 0 bridgehead atoms. The van der Waals surface area contributed by atoms with E-state index in [0.717, 1.165) is 12.8 Å². The van der Waals surface area contributed by atoms with Crippen molar-refractivity contribution in [1.82, 2.24) is 0 Å². The molecule has 1 amide bonds. The number of nitrogens with one attached hydrogen (secondary N) is 1. The van der Waals surface area contributed by atoms with Gasteiger partial charge in [-0.3, -0.25) is 4.79 Å². The third kappa shape index (κ3) is 2.66. The number of nitrogens with zero attached hydrogens (tertiary/aromatic N) is 1. The Kier molecular flexibility index (Phi) is 3.90. The van der Waals surface area contributed by atoms with Crippen LogP contribution in [0.25, 0.3) is 0 Å². The molecule has 94 valence electrons. The monoisotopic (exact) mass is 248 g/mol. The Hall–Kier alpha value is -1.93. The number of benzene rings is 1. The molecule has 1 heterocycles. The van der Waals surface area contributed by atoms with Gasteiger partial charge in [-0.05, 0) is 31.4 Å². The molecule has 1 atom stereocenters. The van der Waals surface area contributed by atoms with E-state index in [1.165, 1.54) is 18.2 Å². The van der Waals surface area contributed by atoms with Gasteiger partial charge in [-0.25, -0.2) is 4.39 Å². The number of amides is 1. The second-order valence-corrected chi connectivity index (χ2v) is 4.12. The number of hydrogen-bond donors (Lipinski definition) is 1. The highest BCUT2D eigenvalue weighted by molar-refractivity contribution is 5.95. The molecule has 0 aliphatic carbocycles. The van der Waals surface area contributed by atoms with Crippen LogP contribution in [-0.2, 0) is 9.53 Å². The van der Waals surface area contributed by atoms with E-state index in [1.54, 1.807) is 6.07 Å². The molecule has 1 aliphatic rings. The number of hydrogen-bond acceptors (Lipinski definition) is 3. The maximum Gasteiger partial charge on any atom is 0.253 e. The maximum atomic E-state index is 13.3. The van der Waals surface area contributed by atoms with Gasteiger partial charge in [-0.2, -0.15) is 5.26 Å². The van der Waals surface area contributed by atoms with Crippen molar-refractivity contribution < 1.29 is 13.9 Å². The second kappa shape index (κ2) is 5.61. The molecule has 0 spiro atoms. The fraction of sp³-hybridized carbons (Fsp3) is 0.385. The molecule has 4 nitrogen and oxygen atoms in total. The van der Waals surface area contributed by atoms with Crippen molar-refractivity contribution in [3.8, 4) is 6.07 Å². The molecule has 0 aromatic heterocycles. The molecule has 1 N–H and O–H groups in total. The molecule has 0 saturated carbocycles. The molecule has 0 radical (unpaired) electrons. The molecular weight excluding hydrogens is 235 g/mol. The van der Waals surface area contributed by atoms with Crippen molar-refractivity contribution >= 4 is 11.6 Å². The van der Waals surface area contributed by atoms with E-state index in [1.807, 2.05) is 0 Å². The highest BCUT2D eigenvalue weighted by Crippen LogP contribution is 2.20. The second-order valence-electron chi connectivity index (χ2n) is 4.12. The Morgan fingerprint density at radius 3 is 3.00 bits per heavy atom. The van der Waals surface area contributed by atoms with Gasteiger partial charge in [0.05, 0.1) is 5.69 Å². The molecule has 18 heavy (non-hydrogen) atoms. The van der Waals surface area contributed by atoms with Crippen LogP contribution in [0.4, 0.5) is 10.1 Å². The average Bonchev–Trinajstić information content (AvgIpc) is 2.40. The summed E-state index contributed by atoms with van der Waals surface area (Å²) in [5.74, 6) is -0.961. The SMILES string of the molecule is N#Cc1c(F)cccc1NC(=O)C1CCCCO1. The van der Waals surface area contributed by atoms with Gasteiger partial charge in [-0.15, -0.1) is 0 Å². The fourth-order valence-electron chi connectivity index (χ4n) is 1.90. The predicted octanol–water partition coefficient (Wildman–Crippen LogP) is 2.20. The van der Waals surface area contributed by atoms with E-state index >= 15 is 0 Å². The van der Waals surface area contributed by atoms with E-state index in [4.69, 9.17) is 10.00 Å². The van der Waals surface area contributed by atoms with Crippen LogP contribution >= 0.6 is 0 Å². The van der Waals surface area contributed by atoms with Crippen LogP contribution in [-0.4, -0.2) is 18.6 Å². The number of anilines is 1. The fourth-order valence-corrected chi connectivity index (χ4v) is 1.90. The third-order valence-corrected chi connectivity index (χ3v) is 2.86. The average molecular weight is 248 g/mol. The minimum atomic E-state index is -0.639. The summed E-state index contributed by atoms with van der Waals surface area (Å²) in [6, 6.07) is 5.88. The Labute approximate surface area is 104 Å². The first-order valence-corrected chi connectivity index (χ1v) is 5.83. The molecule has 2 rings (SSSR count). The zero-order valence-corrected chi connectivity index (χ0v) is 9.78. The maximum absolute atomic E-state index is 13.3. The lowest BCUT2D eigenvalue weighted by atomic mass is 10.1. The standard InChI is InChI=1S/C13H13FN2O2/c14-10-4-3-5-11(9(10)8-15)16-13(17)12-6-1-2-7-18-12/h3-5,12H,1-2,6-7H2,(H,16,17). The van der Waals surface area contributed by atoms with Crippen LogP contribution in [0.3, 0.4) is 0 Å². The lowest BCUT2D eigenvalue weighted by Gasteiger charge is -2.21. The topological polar surface area (TPSA) is 62.1 Å². The molecule has 1 aromatic carbocycles. The lowest BCUT2D eigenvalue weighted by molar-refractivity contribution is -0.129. The molecule has 1 aromatic rings. The minimum Gasteiger partial charge on any atom is -0.368 e. The van der Waals surface area contributed by atoms with E-state index in [9.17, 15) is 9.18 Å². The van der Waals surface area contributed by atoms with Gasteiger partial charge in [0.1, 0.15) is 23.6 Å². The molecule has 1 aliphatic heterocycles. The zero-order valence-electron chi connectivity index (χ0n) is 9.78. The number of halogens is 1. The molecular formula is C13H13FN2O2. The minimum absolute atomic E-state index is 0.151. The van der Waals surface area contributed by atoms with Crippen LogP contribution in [0.2, 0.25) is 0 Å². The Morgan fingerprint density at radius 1 is 1.50 bits per heavy atom. The number of nitriles is 1. The lowest BCUT2D eigenvalue weighted by Crippen LogP contribution is -2.33. The van der Waals surface area contributed by atoms with Gasteiger partial charge >= 0.3 is 0 Å². The van der Waals surface area contributed by atoms with Crippen LogP contribution in [0.5, 0.6) is 0 Å². The summed E-state index contributed by atoms with van der Waals surface area (Å²) >= 11 is 0. The van der Waals surface area contributed by atoms with Crippen LogP contribution in [0, 0.1) is 17.1 Å². The summed E-state index contributed by atoms with van der Waals surface area (Å²) in [5, 5.41) is 11.4. The van der Waals surface area contributed by atoms with Gasteiger partial charge in [-0.1, -0.05) is 6.07 Å². The first-order valence-electron chi connectivity index (χ1n) is 5.83.